The van der Waals surface area contributed by atoms with Gasteiger partial charge in [0, 0.05) is 17.2 Å². The topological polar surface area (TPSA) is 88.2 Å². The van der Waals surface area contributed by atoms with E-state index < -0.39 is 17.7 Å². The summed E-state index contributed by atoms with van der Waals surface area (Å²) in [5.41, 5.74) is 2.76. The van der Waals surface area contributed by atoms with Crippen LogP contribution in [0.1, 0.15) is 29.7 Å². The van der Waals surface area contributed by atoms with Gasteiger partial charge in [0.15, 0.2) is 0 Å². The lowest BCUT2D eigenvalue weighted by Crippen LogP contribution is -2.25. The normalized spacial score (nSPS) is 12.5. The van der Waals surface area contributed by atoms with E-state index in [1.165, 1.54) is 12.1 Å². The quantitative estimate of drug-likeness (QED) is 0.330. The molecule has 0 saturated carbocycles. The number of benzene rings is 3. The van der Waals surface area contributed by atoms with E-state index in [-0.39, 0.29) is 24.0 Å². The molecule has 0 amide bonds. The molecular formula is C26H22F3N3O3. The first-order chi connectivity index (χ1) is 16.6. The summed E-state index contributed by atoms with van der Waals surface area (Å²) >= 11 is 0. The van der Waals surface area contributed by atoms with Gasteiger partial charge < -0.3 is 14.9 Å². The number of hydrogen-bond acceptors (Lipinski definition) is 5. The van der Waals surface area contributed by atoms with Crippen LogP contribution in [-0.4, -0.2) is 27.8 Å². The van der Waals surface area contributed by atoms with Gasteiger partial charge in [-0.2, -0.15) is 18.2 Å². The SMILES string of the molecule is Cc1cc(-c2nc(-c3ccc(C(C)NCC(=O)O)cc3)no2)ccc1-c1ccccc1C(F)(F)F. The van der Waals surface area contributed by atoms with Crippen molar-refractivity contribution in [3.8, 4) is 34.0 Å². The number of carboxylic acids is 1. The van der Waals surface area contributed by atoms with Crippen molar-refractivity contribution >= 4 is 5.97 Å². The fourth-order valence-electron chi connectivity index (χ4n) is 3.80. The Bertz CT molecular complexity index is 1350. The molecule has 0 aliphatic heterocycles. The van der Waals surface area contributed by atoms with Crippen LogP contribution >= 0.6 is 0 Å². The van der Waals surface area contributed by atoms with Crippen molar-refractivity contribution < 1.29 is 27.6 Å². The molecule has 0 fully saturated rings. The summed E-state index contributed by atoms with van der Waals surface area (Å²) in [7, 11) is 0. The lowest BCUT2D eigenvalue weighted by atomic mass is 9.94. The molecule has 9 heteroatoms. The van der Waals surface area contributed by atoms with E-state index in [0.29, 0.717) is 28.1 Å². The van der Waals surface area contributed by atoms with Crippen LogP contribution in [0.5, 0.6) is 0 Å². The first kappa shape index (κ1) is 24.2. The Morgan fingerprint density at radius 2 is 1.71 bits per heavy atom. The molecule has 2 N–H and O–H groups in total. The van der Waals surface area contributed by atoms with Crippen molar-refractivity contribution in [3.05, 3.63) is 83.4 Å². The van der Waals surface area contributed by atoms with Gasteiger partial charge in [-0.1, -0.05) is 53.7 Å². The maximum atomic E-state index is 13.5. The molecule has 4 rings (SSSR count). The third kappa shape index (κ3) is 5.41. The number of aliphatic carboxylic acids is 1. The van der Waals surface area contributed by atoms with E-state index in [2.05, 4.69) is 15.5 Å². The Kier molecular flexibility index (Phi) is 6.70. The lowest BCUT2D eigenvalue weighted by molar-refractivity contribution is -0.137. The number of nitrogens with one attached hydrogen (secondary N) is 1. The van der Waals surface area contributed by atoms with E-state index in [1.807, 2.05) is 31.2 Å². The minimum absolute atomic E-state index is 0.113. The summed E-state index contributed by atoms with van der Waals surface area (Å²) in [4.78, 5) is 15.2. The molecule has 1 aromatic heterocycles. The zero-order chi connectivity index (χ0) is 25.2. The maximum Gasteiger partial charge on any atom is 0.417 e. The second-order valence-corrected chi connectivity index (χ2v) is 8.11. The highest BCUT2D eigenvalue weighted by Gasteiger charge is 2.33. The zero-order valence-electron chi connectivity index (χ0n) is 18.9. The Hall–Kier alpha value is -3.98. The number of alkyl halides is 3. The smallest absolute Gasteiger partial charge is 0.417 e. The summed E-state index contributed by atoms with van der Waals surface area (Å²) in [6.45, 7) is 3.46. The number of hydrogen-bond donors (Lipinski definition) is 2. The third-order valence-corrected chi connectivity index (χ3v) is 5.65. The van der Waals surface area contributed by atoms with E-state index in [1.54, 1.807) is 31.2 Å². The molecule has 0 bridgehead atoms. The fourth-order valence-corrected chi connectivity index (χ4v) is 3.80. The van der Waals surface area contributed by atoms with Crippen molar-refractivity contribution in [2.45, 2.75) is 26.1 Å². The van der Waals surface area contributed by atoms with Crippen LogP contribution in [0.15, 0.2) is 71.3 Å². The first-order valence-electron chi connectivity index (χ1n) is 10.8. The van der Waals surface area contributed by atoms with Crippen molar-refractivity contribution in [2.24, 2.45) is 0 Å². The van der Waals surface area contributed by atoms with Crippen molar-refractivity contribution in [3.63, 3.8) is 0 Å². The van der Waals surface area contributed by atoms with E-state index in [4.69, 9.17) is 9.63 Å². The number of halogens is 3. The summed E-state index contributed by atoms with van der Waals surface area (Å²) in [6.07, 6.45) is -4.46. The van der Waals surface area contributed by atoms with Gasteiger partial charge in [0.05, 0.1) is 12.1 Å². The summed E-state index contributed by atoms with van der Waals surface area (Å²) in [5, 5.41) is 15.7. The summed E-state index contributed by atoms with van der Waals surface area (Å²) in [5.74, 6) is -0.318. The maximum absolute atomic E-state index is 13.5. The highest BCUT2D eigenvalue weighted by atomic mass is 19.4. The van der Waals surface area contributed by atoms with Gasteiger partial charge >= 0.3 is 12.1 Å². The highest BCUT2D eigenvalue weighted by molar-refractivity contribution is 5.74. The summed E-state index contributed by atoms with van der Waals surface area (Å²) in [6, 6.07) is 17.7. The van der Waals surface area contributed by atoms with Crippen LogP contribution in [0.25, 0.3) is 34.0 Å². The number of aromatic nitrogens is 2. The zero-order valence-corrected chi connectivity index (χ0v) is 18.9. The molecule has 0 saturated heterocycles. The third-order valence-electron chi connectivity index (χ3n) is 5.65. The molecule has 0 aliphatic rings. The predicted molar refractivity (Wildman–Crippen MR) is 124 cm³/mol. The average molecular weight is 481 g/mol. The molecule has 1 atom stereocenters. The van der Waals surface area contributed by atoms with Crippen LogP contribution in [-0.2, 0) is 11.0 Å². The predicted octanol–water partition coefficient (Wildman–Crippen LogP) is 6.13. The fraction of sp³-hybridized carbons (Fsp3) is 0.192. The van der Waals surface area contributed by atoms with E-state index in [9.17, 15) is 18.0 Å². The van der Waals surface area contributed by atoms with Gasteiger partial charge in [-0.3, -0.25) is 4.79 Å². The molecule has 6 nitrogen and oxygen atoms in total. The van der Waals surface area contributed by atoms with Gasteiger partial charge in [-0.05, 0) is 54.3 Å². The molecule has 3 aromatic carbocycles. The Morgan fingerprint density at radius 1 is 1.03 bits per heavy atom. The number of carbonyl (C=O) groups is 1. The molecule has 35 heavy (non-hydrogen) atoms. The van der Waals surface area contributed by atoms with Gasteiger partial charge in [0.2, 0.25) is 5.82 Å². The second kappa shape index (κ2) is 9.71. The van der Waals surface area contributed by atoms with Gasteiger partial charge in [0.25, 0.3) is 5.89 Å². The van der Waals surface area contributed by atoms with Gasteiger partial charge in [-0.15, -0.1) is 0 Å². The molecule has 0 radical (unpaired) electrons. The number of aryl methyl sites for hydroxylation is 1. The standard InChI is InChI=1S/C26H22F3N3O3/c1-15-13-19(11-12-20(15)21-5-3-4-6-22(21)26(27,28)29)25-31-24(32-35-25)18-9-7-17(8-10-18)16(2)30-14-23(33)34/h3-13,16,30H,14H2,1-2H3,(H,33,34). The molecular weight excluding hydrogens is 459 g/mol. The van der Waals surface area contributed by atoms with Gasteiger partial charge in [-0.25, -0.2) is 0 Å². The van der Waals surface area contributed by atoms with Crippen LogP contribution < -0.4 is 5.32 Å². The Balaban J connectivity index is 1.56. The highest BCUT2D eigenvalue weighted by Crippen LogP contribution is 2.38. The Morgan fingerprint density at radius 3 is 2.37 bits per heavy atom. The minimum Gasteiger partial charge on any atom is -0.480 e. The second-order valence-electron chi connectivity index (χ2n) is 8.11. The lowest BCUT2D eigenvalue weighted by Gasteiger charge is -2.14. The minimum atomic E-state index is -4.46. The van der Waals surface area contributed by atoms with Crippen molar-refractivity contribution in [1.82, 2.24) is 15.5 Å². The van der Waals surface area contributed by atoms with Crippen molar-refractivity contribution in [2.75, 3.05) is 6.54 Å². The van der Waals surface area contributed by atoms with E-state index in [0.717, 1.165) is 11.6 Å². The Labute approximate surface area is 199 Å². The molecule has 4 aromatic rings. The van der Waals surface area contributed by atoms with Crippen LogP contribution in [0.3, 0.4) is 0 Å². The first-order valence-corrected chi connectivity index (χ1v) is 10.8. The molecule has 1 heterocycles. The van der Waals surface area contributed by atoms with E-state index >= 15 is 0 Å². The molecule has 0 aliphatic carbocycles. The number of nitrogens with zero attached hydrogens (tertiary/aromatic N) is 2. The molecule has 180 valence electrons. The largest absolute Gasteiger partial charge is 0.480 e. The monoisotopic (exact) mass is 481 g/mol. The number of rotatable bonds is 7. The van der Waals surface area contributed by atoms with Gasteiger partial charge in [0.1, 0.15) is 0 Å². The average Bonchev–Trinajstić information content (AvgIpc) is 3.32. The van der Waals surface area contributed by atoms with Crippen LogP contribution in [0.4, 0.5) is 13.2 Å². The molecule has 0 spiro atoms. The van der Waals surface area contributed by atoms with Crippen LogP contribution in [0, 0.1) is 6.92 Å². The summed E-state index contributed by atoms with van der Waals surface area (Å²) < 4.78 is 45.8. The van der Waals surface area contributed by atoms with Crippen molar-refractivity contribution in [1.29, 1.82) is 0 Å². The number of carboxylic acid groups (broad SMARTS) is 1. The molecule has 1 unspecified atom stereocenters. The van der Waals surface area contributed by atoms with Crippen LogP contribution in [0.2, 0.25) is 0 Å².